The molecular formula is C28H28N4O8. The molecule has 12 heteroatoms. The number of ketones is 2. The lowest BCUT2D eigenvalue weighted by molar-refractivity contribution is -0.153. The lowest BCUT2D eigenvalue weighted by Gasteiger charge is -2.50. The second kappa shape index (κ2) is 9.28. The Morgan fingerprint density at radius 3 is 2.45 bits per heavy atom. The molecule has 1 heterocycles. The van der Waals surface area contributed by atoms with Crippen molar-refractivity contribution in [2.75, 3.05) is 19.4 Å². The highest BCUT2D eigenvalue weighted by Gasteiger charge is 2.64. The molecule has 3 aliphatic rings. The van der Waals surface area contributed by atoms with Crippen LogP contribution in [0.2, 0.25) is 0 Å². The number of phenolic OH excluding ortho intramolecular Hbond substituents is 1. The Bertz CT molecular complexity index is 1560. The minimum absolute atomic E-state index is 0.0351. The number of aliphatic hydroxyl groups is 3. The molecule has 0 unspecified atom stereocenters. The highest BCUT2D eigenvalue weighted by molar-refractivity contribution is 6.24. The largest absolute Gasteiger partial charge is 0.508 e. The Morgan fingerprint density at radius 1 is 1.18 bits per heavy atom. The smallest absolute Gasteiger partial charge is 0.255 e. The molecule has 0 bridgehead atoms. The van der Waals surface area contributed by atoms with Crippen molar-refractivity contribution in [2.45, 2.75) is 31.4 Å². The number of hydrogen-bond acceptors (Lipinski definition) is 10. The van der Waals surface area contributed by atoms with Gasteiger partial charge in [-0.15, -0.1) is 0 Å². The summed E-state index contributed by atoms with van der Waals surface area (Å²) in [6.45, 7) is 1.24. The molecule has 0 spiro atoms. The third-order valence-corrected chi connectivity index (χ3v) is 7.97. The van der Waals surface area contributed by atoms with Crippen LogP contribution in [0.25, 0.3) is 17.0 Å². The zero-order valence-corrected chi connectivity index (χ0v) is 21.9. The molecule has 0 radical (unpaired) electrons. The highest BCUT2D eigenvalue weighted by atomic mass is 16.3. The molecule has 7 N–H and O–H groups in total. The van der Waals surface area contributed by atoms with Crippen LogP contribution < -0.4 is 11.1 Å². The Kier molecular flexibility index (Phi) is 6.27. The van der Waals surface area contributed by atoms with E-state index < -0.39 is 69.7 Å². The van der Waals surface area contributed by atoms with Crippen molar-refractivity contribution in [3.63, 3.8) is 0 Å². The SMILES string of the molecule is CC(=O)Nc1cc(-c2ccccn2)c2c(c1O)C(O)=C1C(=O)[C@]3(O)C(O)=C(C(N)=O)C(=O)[C@@H](N(C)C)[C@@H]3C[C@@H]1C2. The molecule has 1 saturated carbocycles. The Hall–Kier alpha value is -4.55. The number of Topliss-reactive ketones (excluding diaryl/α,β-unsaturated/α-hetero) is 2. The van der Waals surface area contributed by atoms with E-state index in [2.05, 4.69) is 10.3 Å². The Labute approximate surface area is 228 Å². The standard InChI is InChI=1S/C28H28N4O8/c1-11(33)31-17-10-13(16-6-4-5-7-30-16)14-8-12-9-15-21(32(2)3)24(36)20(27(29)39)26(38)28(15,40)25(37)18(12)23(35)19(14)22(17)34/h4-7,10,12,15,21,34-35,38,40H,8-9H2,1-3H3,(H2,29,39)(H,31,33)/t12-,15-,21-,28-/m0/s1. The van der Waals surface area contributed by atoms with Gasteiger partial charge in [0.05, 0.1) is 23.0 Å². The maximum absolute atomic E-state index is 14.0. The van der Waals surface area contributed by atoms with Crippen molar-refractivity contribution >= 4 is 34.8 Å². The third-order valence-electron chi connectivity index (χ3n) is 7.97. The maximum Gasteiger partial charge on any atom is 0.255 e. The lowest BCUT2D eigenvalue weighted by Crippen LogP contribution is -2.65. The van der Waals surface area contributed by atoms with Gasteiger partial charge in [0.2, 0.25) is 11.7 Å². The summed E-state index contributed by atoms with van der Waals surface area (Å²) in [6, 6.07) is 5.51. The van der Waals surface area contributed by atoms with Crippen molar-refractivity contribution in [3.05, 3.63) is 58.5 Å². The van der Waals surface area contributed by atoms with Crippen LogP contribution in [0.5, 0.6) is 5.75 Å². The van der Waals surface area contributed by atoms with Gasteiger partial charge in [0.15, 0.2) is 11.4 Å². The summed E-state index contributed by atoms with van der Waals surface area (Å²) < 4.78 is 0. The summed E-state index contributed by atoms with van der Waals surface area (Å²) >= 11 is 0. The van der Waals surface area contributed by atoms with E-state index in [1.807, 2.05) is 0 Å². The number of primary amides is 1. The molecule has 1 aromatic carbocycles. The second-order valence-electron chi connectivity index (χ2n) is 10.5. The average molecular weight is 549 g/mol. The molecular weight excluding hydrogens is 520 g/mol. The van der Waals surface area contributed by atoms with Crippen LogP contribution in [0.1, 0.15) is 24.5 Å². The minimum atomic E-state index is -2.74. The van der Waals surface area contributed by atoms with Gasteiger partial charge in [-0.25, -0.2) is 0 Å². The van der Waals surface area contributed by atoms with Gasteiger partial charge in [0.1, 0.15) is 22.8 Å². The molecule has 0 saturated heterocycles. The molecule has 2 amide bonds. The number of hydrogen-bond donors (Lipinski definition) is 6. The van der Waals surface area contributed by atoms with E-state index in [9.17, 15) is 39.6 Å². The predicted octanol–water partition coefficient (Wildman–Crippen LogP) is 0.984. The number of aromatic hydroxyl groups is 1. The van der Waals surface area contributed by atoms with Gasteiger partial charge in [-0.1, -0.05) is 6.07 Å². The summed E-state index contributed by atoms with van der Waals surface area (Å²) in [5.41, 5.74) is 2.69. The quantitative estimate of drug-likeness (QED) is 0.236. The molecule has 1 fully saturated rings. The number of anilines is 1. The number of carbonyl (C=O) groups excluding carboxylic acids is 4. The first kappa shape index (κ1) is 27.0. The number of nitrogens with two attached hydrogens (primary N) is 1. The molecule has 1 aromatic heterocycles. The predicted molar refractivity (Wildman–Crippen MR) is 142 cm³/mol. The van der Waals surface area contributed by atoms with Crippen LogP contribution in [0.15, 0.2) is 47.4 Å². The molecule has 4 atom stereocenters. The number of rotatable bonds is 4. The maximum atomic E-state index is 14.0. The molecule has 3 aliphatic carbocycles. The van der Waals surface area contributed by atoms with Crippen molar-refractivity contribution in [1.29, 1.82) is 0 Å². The molecule has 0 aliphatic heterocycles. The van der Waals surface area contributed by atoms with Gasteiger partial charge in [0, 0.05) is 30.2 Å². The summed E-state index contributed by atoms with van der Waals surface area (Å²) in [7, 11) is 3.07. The van der Waals surface area contributed by atoms with Crippen LogP contribution in [0.3, 0.4) is 0 Å². The van der Waals surface area contributed by atoms with Crippen LogP contribution >= 0.6 is 0 Å². The summed E-state index contributed by atoms with van der Waals surface area (Å²) in [5, 5.41) is 47.9. The van der Waals surface area contributed by atoms with Crippen molar-refractivity contribution in [1.82, 2.24) is 9.88 Å². The van der Waals surface area contributed by atoms with Gasteiger partial charge in [-0.3, -0.25) is 29.1 Å². The number of amides is 2. The van der Waals surface area contributed by atoms with Crippen LogP contribution in [0, 0.1) is 11.8 Å². The van der Waals surface area contributed by atoms with E-state index in [1.165, 1.54) is 32.0 Å². The van der Waals surface area contributed by atoms with E-state index >= 15 is 0 Å². The number of fused-ring (bicyclic) bond motifs is 3. The van der Waals surface area contributed by atoms with E-state index in [0.717, 1.165) is 0 Å². The monoisotopic (exact) mass is 548 g/mol. The number of likely N-dealkylation sites (N-methyl/N-ethyl adjacent to an activating group) is 1. The molecule has 12 nitrogen and oxygen atoms in total. The van der Waals surface area contributed by atoms with Crippen LogP contribution in [0.4, 0.5) is 5.69 Å². The van der Waals surface area contributed by atoms with E-state index in [4.69, 9.17) is 5.73 Å². The number of aliphatic hydroxyl groups excluding tert-OH is 2. The fraction of sp³-hybridized carbons (Fsp3) is 0.321. The number of aromatic nitrogens is 1. The number of nitrogens with one attached hydrogen (secondary N) is 1. The second-order valence-corrected chi connectivity index (χ2v) is 10.5. The number of pyridine rings is 1. The third kappa shape index (κ3) is 3.71. The normalized spacial score (nSPS) is 25.9. The van der Waals surface area contributed by atoms with Crippen molar-refractivity contribution < 1.29 is 39.6 Å². The Morgan fingerprint density at radius 2 is 1.88 bits per heavy atom. The van der Waals surface area contributed by atoms with Crippen LogP contribution in [-0.2, 0) is 25.6 Å². The lowest BCUT2D eigenvalue weighted by atomic mass is 9.57. The van der Waals surface area contributed by atoms with Gasteiger partial charge < -0.3 is 31.5 Å². The Balaban J connectivity index is 1.79. The highest BCUT2D eigenvalue weighted by Crippen LogP contribution is 2.54. The fourth-order valence-corrected chi connectivity index (χ4v) is 6.35. The first-order valence-electron chi connectivity index (χ1n) is 12.5. The first-order chi connectivity index (χ1) is 18.8. The van der Waals surface area contributed by atoms with Crippen LogP contribution in [-0.4, -0.2) is 79.4 Å². The molecule has 208 valence electrons. The minimum Gasteiger partial charge on any atom is -0.508 e. The number of benzene rings is 1. The number of carbonyl (C=O) groups is 4. The van der Waals surface area contributed by atoms with E-state index in [0.29, 0.717) is 16.8 Å². The summed E-state index contributed by atoms with van der Waals surface area (Å²) in [5.74, 6) is -7.97. The van der Waals surface area contributed by atoms with E-state index in [-0.39, 0.29) is 29.7 Å². The number of nitrogens with zero attached hydrogens (tertiary/aromatic N) is 2. The van der Waals surface area contributed by atoms with Gasteiger partial charge in [-0.05, 0) is 56.6 Å². The molecule has 2 aromatic rings. The van der Waals surface area contributed by atoms with Gasteiger partial charge in [0.25, 0.3) is 5.91 Å². The first-order valence-corrected chi connectivity index (χ1v) is 12.5. The summed E-state index contributed by atoms with van der Waals surface area (Å²) in [4.78, 5) is 57.1. The number of phenols is 1. The summed E-state index contributed by atoms with van der Waals surface area (Å²) in [6.07, 6.45) is 1.61. The zero-order chi connectivity index (χ0) is 29.3. The van der Waals surface area contributed by atoms with E-state index in [1.54, 1.807) is 24.4 Å². The zero-order valence-electron chi connectivity index (χ0n) is 21.9. The van der Waals surface area contributed by atoms with Crippen molar-refractivity contribution in [2.24, 2.45) is 17.6 Å². The topological polar surface area (TPSA) is 203 Å². The van der Waals surface area contributed by atoms with Crippen molar-refractivity contribution in [3.8, 4) is 17.0 Å². The average Bonchev–Trinajstić information content (AvgIpc) is 2.87. The van der Waals surface area contributed by atoms with Gasteiger partial charge in [-0.2, -0.15) is 0 Å². The fourth-order valence-electron chi connectivity index (χ4n) is 6.35. The molecule has 40 heavy (non-hydrogen) atoms. The molecule has 5 rings (SSSR count). The van der Waals surface area contributed by atoms with Gasteiger partial charge >= 0.3 is 0 Å².